The molecule has 0 N–H and O–H groups in total. The number of nitrogens with zero attached hydrogens (tertiary/aromatic N) is 1. The summed E-state index contributed by atoms with van der Waals surface area (Å²) in [6.45, 7) is 10.1. The van der Waals surface area contributed by atoms with E-state index in [0.717, 1.165) is 11.2 Å². The fourth-order valence-corrected chi connectivity index (χ4v) is 2.07. The summed E-state index contributed by atoms with van der Waals surface area (Å²) in [5, 5.41) is 3.77. The molecule has 19 heavy (non-hydrogen) atoms. The van der Waals surface area contributed by atoms with Gasteiger partial charge in [-0.2, -0.15) is 0 Å². The van der Waals surface area contributed by atoms with Gasteiger partial charge >= 0.3 is 0 Å². The molecule has 0 amide bonds. The van der Waals surface area contributed by atoms with Crippen molar-refractivity contribution in [1.82, 2.24) is 4.98 Å². The second-order valence-electron chi connectivity index (χ2n) is 3.76. The summed E-state index contributed by atoms with van der Waals surface area (Å²) < 4.78 is 0. The fourth-order valence-electron chi connectivity index (χ4n) is 2.07. The third-order valence-electron chi connectivity index (χ3n) is 2.80. The maximum absolute atomic E-state index is 4.60. The molecule has 2 aromatic carbocycles. The Bertz CT molecular complexity index is 641. The Hall–Kier alpha value is -1.89. The Kier molecular flexibility index (Phi) is 6.01. The van der Waals surface area contributed by atoms with Crippen molar-refractivity contribution in [2.24, 2.45) is 0 Å². The number of hydrogen-bond acceptors (Lipinski definition) is 1. The Morgan fingerprint density at radius 1 is 0.632 bits per heavy atom. The molecule has 0 saturated heterocycles. The summed E-state index contributed by atoms with van der Waals surface area (Å²) in [6.07, 6.45) is 0. The number of hydrogen-bond donors (Lipinski definition) is 0. The van der Waals surface area contributed by atoms with E-state index in [0.29, 0.717) is 0 Å². The first-order valence-electron chi connectivity index (χ1n) is 7.10. The average molecular weight is 253 g/mol. The topological polar surface area (TPSA) is 12.9 Å². The molecule has 3 rings (SSSR count). The number of fused-ring (bicyclic) bond motifs is 3. The van der Waals surface area contributed by atoms with Crippen LogP contribution in [0.1, 0.15) is 33.4 Å². The minimum absolute atomic E-state index is 1.08. The van der Waals surface area contributed by atoms with Gasteiger partial charge in [-0.1, -0.05) is 70.2 Å². The molecule has 0 fully saturated rings. The van der Waals surface area contributed by atoms with Crippen molar-refractivity contribution in [2.45, 2.75) is 34.6 Å². The molecule has 1 aromatic heterocycles. The molecule has 0 spiro atoms. The summed E-state index contributed by atoms with van der Waals surface area (Å²) in [5.41, 5.74) is 2.18. The Balaban J connectivity index is 0.000000415. The van der Waals surface area contributed by atoms with Crippen LogP contribution >= 0.6 is 0 Å². The highest BCUT2D eigenvalue weighted by Gasteiger charge is 2.02. The minimum atomic E-state index is 1.08. The predicted octanol–water partition coefficient (Wildman–Crippen LogP) is 5.75. The smallest absolute Gasteiger partial charge is 0.0711 e. The van der Waals surface area contributed by atoms with Crippen LogP contribution in [0.2, 0.25) is 0 Å². The van der Waals surface area contributed by atoms with Gasteiger partial charge in [-0.25, -0.2) is 0 Å². The molecule has 1 nitrogen and oxygen atoms in total. The molecule has 100 valence electrons. The van der Waals surface area contributed by atoms with Crippen LogP contribution in [0.15, 0.2) is 48.5 Å². The van der Waals surface area contributed by atoms with E-state index in [9.17, 15) is 0 Å². The molecular weight excluding hydrogens is 230 g/mol. The van der Waals surface area contributed by atoms with E-state index in [1.165, 1.54) is 16.2 Å². The third-order valence-corrected chi connectivity index (χ3v) is 2.80. The first-order chi connectivity index (χ1) is 9.36. The molecule has 0 aliphatic rings. The van der Waals surface area contributed by atoms with E-state index in [2.05, 4.69) is 54.4 Å². The zero-order valence-corrected chi connectivity index (χ0v) is 12.6. The van der Waals surface area contributed by atoms with Crippen LogP contribution < -0.4 is 0 Å². The predicted molar refractivity (Wildman–Crippen MR) is 86.7 cm³/mol. The van der Waals surface area contributed by atoms with Crippen molar-refractivity contribution in [2.75, 3.05) is 0 Å². The van der Waals surface area contributed by atoms with Crippen molar-refractivity contribution >= 4 is 21.7 Å². The highest BCUT2D eigenvalue weighted by atomic mass is 14.7. The van der Waals surface area contributed by atoms with Crippen molar-refractivity contribution in [3.8, 4) is 0 Å². The maximum atomic E-state index is 4.60. The Labute approximate surface area is 116 Å². The monoisotopic (exact) mass is 253 g/mol. The van der Waals surface area contributed by atoms with Gasteiger partial charge in [0, 0.05) is 16.5 Å². The molecule has 0 aliphatic carbocycles. The molecule has 0 unspecified atom stereocenters. The molecule has 0 saturated carbocycles. The quantitative estimate of drug-likeness (QED) is 0.465. The van der Waals surface area contributed by atoms with Gasteiger partial charge < -0.3 is 0 Å². The second-order valence-corrected chi connectivity index (χ2v) is 3.76. The van der Waals surface area contributed by atoms with E-state index < -0.39 is 0 Å². The van der Waals surface area contributed by atoms with Crippen molar-refractivity contribution < 1.29 is 0 Å². The molecule has 1 heteroatoms. The summed E-state index contributed by atoms with van der Waals surface area (Å²) in [5.74, 6) is 0. The fraction of sp³-hybridized carbons (Fsp3) is 0.278. The van der Waals surface area contributed by atoms with Crippen LogP contribution in [0, 0.1) is 6.92 Å². The first kappa shape index (κ1) is 15.2. The average Bonchev–Trinajstić information content (AvgIpc) is 2.52. The molecule has 1 heterocycles. The summed E-state index contributed by atoms with van der Waals surface area (Å²) in [4.78, 5) is 4.60. The van der Waals surface area contributed by atoms with Crippen LogP contribution in [0.25, 0.3) is 21.7 Å². The molecule has 3 aromatic rings. The highest BCUT2D eigenvalue weighted by Crippen LogP contribution is 2.25. The summed E-state index contributed by atoms with van der Waals surface area (Å²) in [7, 11) is 0. The summed E-state index contributed by atoms with van der Waals surface area (Å²) in [6, 6.07) is 16.7. The number of pyridine rings is 1. The van der Waals surface area contributed by atoms with E-state index in [4.69, 9.17) is 0 Å². The van der Waals surface area contributed by atoms with Gasteiger partial charge in [-0.05, 0) is 18.4 Å². The SMILES string of the molecule is CC.CC.Cc1nc2ccccc2c2ccccc12. The van der Waals surface area contributed by atoms with E-state index in [-0.39, 0.29) is 0 Å². The lowest BCUT2D eigenvalue weighted by atomic mass is 10.0. The Morgan fingerprint density at radius 3 is 1.74 bits per heavy atom. The van der Waals surface area contributed by atoms with E-state index in [1.54, 1.807) is 0 Å². The van der Waals surface area contributed by atoms with Gasteiger partial charge in [-0.15, -0.1) is 0 Å². The second kappa shape index (κ2) is 7.52. The van der Waals surface area contributed by atoms with Gasteiger partial charge in [0.25, 0.3) is 0 Å². The largest absolute Gasteiger partial charge is 0.252 e. The molecule has 0 bridgehead atoms. The highest BCUT2D eigenvalue weighted by molar-refractivity contribution is 6.06. The van der Waals surface area contributed by atoms with Gasteiger partial charge in [0.15, 0.2) is 0 Å². The lowest BCUT2D eigenvalue weighted by Crippen LogP contribution is -1.86. The number of aromatic nitrogens is 1. The van der Waals surface area contributed by atoms with Crippen LogP contribution in [0.3, 0.4) is 0 Å². The first-order valence-corrected chi connectivity index (χ1v) is 7.10. The number of rotatable bonds is 0. The lowest BCUT2D eigenvalue weighted by molar-refractivity contribution is 1.29. The molecule has 0 radical (unpaired) electrons. The number of benzene rings is 2. The van der Waals surface area contributed by atoms with Gasteiger partial charge in [0.2, 0.25) is 0 Å². The summed E-state index contributed by atoms with van der Waals surface area (Å²) >= 11 is 0. The van der Waals surface area contributed by atoms with Crippen molar-refractivity contribution in [1.29, 1.82) is 0 Å². The molecule has 0 atom stereocenters. The van der Waals surface area contributed by atoms with E-state index >= 15 is 0 Å². The minimum Gasteiger partial charge on any atom is -0.252 e. The normalized spacial score (nSPS) is 9.32. The van der Waals surface area contributed by atoms with Gasteiger partial charge in [0.1, 0.15) is 0 Å². The van der Waals surface area contributed by atoms with Crippen LogP contribution in [-0.2, 0) is 0 Å². The molecular formula is C18H23N. The van der Waals surface area contributed by atoms with Gasteiger partial charge in [0.05, 0.1) is 5.52 Å². The standard InChI is InChI=1S/C14H11N.2C2H6/c1-10-11-6-2-3-7-12(11)13-8-4-5-9-14(13)15-10;2*1-2/h2-9H,1H3;2*1-2H3. The van der Waals surface area contributed by atoms with Crippen molar-refractivity contribution in [3.05, 3.63) is 54.2 Å². The number of para-hydroxylation sites is 1. The van der Waals surface area contributed by atoms with Gasteiger partial charge in [-0.3, -0.25) is 4.98 Å². The lowest BCUT2D eigenvalue weighted by Gasteiger charge is -2.05. The Morgan fingerprint density at radius 2 is 1.11 bits per heavy atom. The zero-order chi connectivity index (χ0) is 14.3. The van der Waals surface area contributed by atoms with Crippen LogP contribution in [0.4, 0.5) is 0 Å². The van der Waals surface area contributed by atoms with Crippen molar-refractivity contribution in [3.63, 3.8) is 0 Å². The maximum Gasteiger partial charge on any atom is 0.0711 e. The van der Waals surface area contributed by atoms with Crippen LogP contribution in [-0.4, -0.2) is 4.98 Å². The number of aryl methyl sites for hydroxylation is 1. The third kappa shape index (κ3) is 3.11. The zero-order valence-electron chi connectivity index (χ0n) is 12.6. The molecule has 0 aliphatic heterocycles. The van der Waals surface area contributed by atoms with Crippen LogP contribution in [0.5, 0.6) is 0 Å². The van der Waals surface area contributed by atoms with E-state index in [1.807, 2.05) is 33.8 Å².